The van der Waals surface area contributed by atoms with Crippen LogP contribution in [-0.4, -0.2) is 12.1 Å². The van der Waals surface area contributed by atoms with Gasteiger partial charge in [0.25, 0.3) is 0 Å². The van der Waals surface area contributed by atoms with Crippen molar-refractivity contribution >= 4 is 6.03 Å². The Morgan fingerprint density at radius 2 is 1.19 bits per heavy atom. The average Bonchev–Trinajstić information content (AvgIpc) is 2.69. The quantitative estimate of drug-likeness (QED) is 0.620. The smallest absolute Gasteiger partial charge is 0.315 e. The van der Waals surface area contributed by atoms with Crippen molar-refractivity contribution in [2.45, 2.75) is 31.8 Å². The van der Waals surface area contributed by atoms with Crippen LogP contribution in [0, 0.1) is 0 Å². The highest BCUT2D eigenvalue weighted by atomic mass is 16.2. The molecule has 2 amide bonds. The van der Waals surface area contributed by atoms with E-state index in [2.05, 4.69) is 47.0 Å². The molecular weight excluding hydrogens is 332 g/mol. The van der Waals surface area contributed by atoms with E-state index in [9.17, 15) is 4.79 Å². The summed E-state index contributed by atoms with van der Waals surface area (Å²) in [5.74, 6) is 0. The second-order valence-electron chi connectivity index (χ2n) is 6.86. The third kappa shape index (κ3) is 6.00. The van der Waals surface area contributed by atoms with Gasteiger partial charge in [-0.2, -0.15) is 0 Å². The minimum Gasteiger partial charge on any atom is -0.335 e. The number of carbonyl (C=O) groups is 1. The standard InChI is InChI=1S/C24H26N2O/c1-19(17-20-11-5-2-6-12-20)25-24(27)26-23(22-15-9-4-10-16-22)18-21-13-7-3-8-14-21/h2-16,19,23H,17-18H2,1H3,(H2,25,26,27). The summed E-state index contributed by atoms with van der Waals surface area (Å²) < 4.78 is 0. The molecule has 3 aromatic rings. The van der Waals surface area contributed by atoms with Crippen molar-refractivity contribution < 1.29 is 4.79 Å². The van der Waals surface area contributed by atoms with E-state index < -0.39 is 0 Å². The lowest BCUT2D eigenvalue weighted by atomic mass is 9.99. The summed E-state index contributed by atoms with van der Waals surface area (Å²) in [6, 6.07) is 30.4. The molecular formula is C24H26N2O. The number of carbonyl (C=O) groups excluding carboxylic acids is 1. The van der Waals surface area contributed by atoms with Crippen molar-refractivity contribution in [3.05, 3.63) is 108 Å². The zero-order valence-electron chi connectivity index (χ0n) is 15.6. The topological polar surface area (TPSA) is 41.1 Å². The van der Waals surface area contributed by atoms with Crippen molar-refractivity contribution in [3.8, 4) is 0 Å². The molecule has 2 N–H and O–H groups in total. The fraction of sp³-hybridized carbons (Fsp3) is 0.208. The second kappa shape index (κ2) is 9.58. The van der Waals surface area contributed by atoms with E-state index in [-0.39, 0.29) is 18.1 Å². The molecule has 0 fully saturated rings. The van der Waals surface area contributed by atoms with Crippen LogP contribution in [0.1, 0.15) is 29.7 Å². The molecule has 3 rings (SSSR count). The first kappa shape index (κ1) is 18.7. The molecule has 0 radical (unpaired) electrons. The Balaban J connectivity index is 1.63. The number of benzene rings is 3. The van der Waals surface area contributed by atoms with Gasteiger partial charge < -0.3 is 10.6 Å². The van der Waals surface area contributed by atoms with Gasteiger partial charge in [-0.25, -0.2) is 4.79 Å². The Morgan fingerprint density at radius 1 is 0.704 bits per heavy atom. The number of hydrogen-bond donors (Lipinski definition) is 2. The van der Waals surface area contributed by atoms with E-state index in [4.69, 9.17) is 0 Å². The Labute approximate surface area is 161 Å². The fourth-order valence-electron chi connectivity index (χ4n) is 3.23. The maximum Gasteiger partial charge on any atom is 0.315 e. The van der Waals surface area contributed by atoms with E-state index in [0.717, 1.165) is 18.4 Å². The van der Waals surface area contributed by atoms with Crippen molar-refractivity contribution in [2.24, 2.45) is 0 Å². The van der Waals surface area contributed by atoms with Crippen molar-refractivity contribution in [1.29, 1.82) is 0 Å². The first-order chi connectivity index (χ1) is 13.2. The van der Waals surface area contributed by atoms with Crippen molar-refractivity contribution in [1.82, 2.24) is 10.6 Å². The first-order valence-electron chi connectivity index (χ1n) is 9.40. The zero-order chi connectivity index (χ0) is 18.9. The van der Waals surface area contributed by atoms with Crippen LogP contribution in [-0.2, 0) is 12.8 Å². The average molecular weight is 358 g/mol. The lowest BCUT2D eigenvalue weighted by molar-refractivity contribution is 0.233. The van der Waals surface area contributed by atoms with Gasteiger partial charge in [-0.05, 0) is 36.5 Å². The summed E-state index contributed by atoms with van der Waals surface area (Å²) in [7, 11) is 0. The molecule has 3 nitrogen and oxygen atoms in total. The van der Waals surface area contributed by atoms with Gasteiger partial charge in [0.2, 0.25) is 0 Å². The summed E-state index contributed by atoms with van der Waals surface area (Å²) in [5, 5.41) is 6.21. The van der Waals surface area contributed by atoms with Crippen LogP contribution in [0.2, 0.25) is 0 Å². The van der Waals surface area contributed by atoms with Crippen LogP contribution in [0.5, 0.6) is 0 Å². The van der Waals surface area contributed by atoms with Crippen LogP contribution >= 0.6 is 0 Å². The molecule has 0 aliphatic rings. The molecule has 0 aliphatic carbocycles. The van der Waals surface area contributed by atoms with Crippen LogP contribution in [0.25, 0.3) is 0 Å². The SMILES string of the molecule is CC(Cc1ccccc1)NC(=O)NC(Cc1ccccc1)c1ccccc1. The summed E-state index contributed by atoms with van der Waals surface area (Å²) in [5.41, 5.74) is 3.52. The van der Waals surface area contributed by atoms with E-state index in [0.29, 0.717) is 0 Å². The van der Waals surface area contributed by atoms with Gasteiger partial charge in [0.1, 0.15) is 0 Å². The lowest BCUT2D eigenvalue weighted by Gasteiger charge is -2.22. The number of rotatable bonds is 7. The molecule has 0 aliphatic heterocycles. The molecule has 2 unspecified atom stereocenters. The molecule has 3 aromatic carbocycles. The van der Waals surface area contributed by atoms with Crippen LogP contribution in [0.4, 0.5) is 4.79 Å². The molecule has 2 atom stereocenters. The van der Waals surface area contributed by atoms with E-state index in [1.54, 1.807) is 0 Å². The Morgan fingerprint density at radius 3 is 1.74 bits per heavy atom. The van der Waals surface area contributed by atoms with E-state index >= 15 is 0 Å². The molecule has 27 heavy (non-hydrogen) atoms. The van der Waals surface area contributed by atoms with Gasteiger partial charge in [-0.3, -0.25) is 0 Å². The zero-order valence-corrected chi connectivity index (χ0v) is 15.6. The van der Waals surface area contributed by atoms with E-state index in [1.165, 1.54) is 11.1 Å². The van der Waals surface area contributed by atoms with Gasteiger partial charge >= 0.3 is 6.03 Å². The first-order valence-corrected chi connectivity index (χ1v) is 9.40. The largest absolute Gasteiger partial charge is 0.335 e. The molecule has 0 spiro atoms. The Hall–Kier alpha value is -3.07. The summed E-state index contributed by atoms with van der Waals surface area (Å²) in [4.78, 5) is 12.6. The number of nitrogens with one attached hydrogen (secondary N) is 2. The maximum absolute atomic E-state index is 12.6. The number of amides is 2. The molecule has 138 valence electrons. The minimum absolute atomic E-state index is 0.0561. The van der Waals surface area contributed by atoms with Gasteiger partial charge in [0.05, 0.1) is 6.04 Å². The van der Waals surface area contributed by atoms with Crippen LogP contribution < -0.4 is 10.6 Å². The number of urea groups is 1. The fourth-order valence-corrected chi connectivity index (χ4v) is 3.23. The Bertz CT molecular complexity index is 819. The maximum atomic E-state index is 12.6. The summed E-state index contributed by atoms with van der Waals surface area (Å²) in [6.45, 7) is 2.03. The predicted octanol–water partition coefficient (Wildman–Crippen LogP) is 4.90. The molecule has 0 saturated carbocycles. The van der Waals surface area contributed by atoms with Gasteiger partial charge in [-0.15, -0.1) is 0 Å². The Kier molecular flexibility index (Phi) is 6.64. The molecule has 0 aromatic heterocycles. The number of hydrogen-bond acceptors (Lipinski definition) is 1. The van der Waals surface area contributed by atoms with Gasteiger partial charge in [0, 0.05) is 6.04 Å². The minimum atomic E-state index is -0.136. The second-order valence-corrected chi connectivity index (χ2v) is 6.86. The lowest BCUT2D eigenvalue weighted by Crippen LogP contribution is -2.43. The third-order valence-corrected chi connectivity index (χ3v) is 4.55. The normalized spacial score (nSPS) is 12.8. The van der Waals surface area contributed by atoms with Gasteiger partial charge in [-0.1, -0.05) is 91.0 Å². The van der Waals surface area contributed by atoms with E-state index in [1.807, 2.05) is 61.5 Å². The predicted molar refractivity (Wildman–Crippen MR) is 111 cm³/mol. The van der Waals surface area contributed by atoms with Crippen LogP contribution in [0.3, 0.4) is 0 Å². The summed E-state index contributed by atoms with van der Waals surface area (Å²) in [6.07, 6.45) is 1.56. The highest BCUT2D eigenvalue weighted by Gasteiger charge is 2.16. The molecule has 0 heterocycles. The molecule has 3 heteroatoms. The monoisotopic (exact) mass is 358 g/mol. The molecule has 0 bridgehead atoms. The molecule has 0 saturated heterocycles. The van der Waals surface area contributed by atoms with Crippen molar-refractivity contribution in [3.63, 3.8) is 0 Å². The van der Waals surface area contributed by atoms with Crippen LogP contribution in [0.15, 0.2) is 91.0 Å². The highest BCUT2D eigenvalue weighted by Crippen LogP contribution is 2.18. The van der Waals surface area contributed by atoms with Gasteiger partial charge in [0.15, 0.2) is 0 Å². The highest BCUT2D eigenvalue weighted by molar-refractivity contribution is 5.74. The summed E-state index contributed by atoms with van der Waals surface area (Å²) >= 11 is 0. The van der Waals surface area contributed by atoms with Crippen molar-refractivity contribution in [2.75, 3.05) is 0 Å². The third-order valence-electron chi connectivity index (χ3n) is 4.55.